The lowest BCUT2D eigenvalue weighted by atomic mass is 10.1. The Labute approximate surface area is 780 Å². The van der Waals surface area contributed by atoms with Gasteiger partial charge in [0.05, 0.1) is 51.3 Å². The minimum absolute atomic E-state index is 0.0761. The molecule has 0 aliphatic heterocycles. The third kappa shape index (κ3) is 19.9. The standard InChI is InChI=1S/C30H23N3.C30H26N2O.2C29H23N3O2/c1-32(25-16-14-23(22-31)15-17-25)26-18-20-28(21-19-26)33(27-10-3-2-4-11-27)30-13-7-9-24-8-5-6-12-29(24)30;1-31(27-14-9-15-28(22-27)33-2)24-18-20-26(21-19-24)32(25-12-4-3-5-13-25)30-17-8-11-23-10-6-7-16-29(23)30;1-30(26-13-8-14-27(21-26)32(33)34)23-17-19-25(20-18-23)31(24-11-3-2-4-12-24)29-16-7-10-22-9-5-6-15-28(22)29;1-30(24-16-20-27(21-17-24)32(33)34)23-14-18-26(19-15-23)31(25-10-3-2-4-11-25)29-13-7-9-22-8-5-6-12-28(22)29/h2-21H,1H3;3-22H,1-2H3;2*2-21H,1H3. The number of hydrogen-bond acceptors (Lipinski definition) is 14. The molecule has 0 atom stereocenters. The van der Waals surface area contributed by atoms with Crippen molar-refractivity contribution < 1.29 is 14.6 Å². The number of hydrogen-bond donors (Lipinski definition) is 0. The zero-order chi connectivity index (χ0) is 92.2. The van der Waals surface area contributed by atoms with Crippen molar-refractivity contribution in [3.8, 4) is 11.8 Å². The molecule has 0 aliphatic carbocycles. The van der Waals surface area contributed by atoms with Crippen molar-refractivity contribution in [1.29, 1.82) is 5.26 Å². The second kappa shape index (κ2) is 41.4. The van der Waals surface area contributed by atoms with Gasteiger partial charge in [-0.2, -0.15) is 5.26 Å². The highest BCUT2D eigenvalue weighted by Crippen LogP contribution is 2.46. The maximum Gasteiger partial charge on any atom is 0.271 e. The summed E-state index contributed by atoms with van der Waals surface area (Å²) < 4.78 is 5.39. The summed E-state index contributed by atoms with van der Waals surface area (Å²) in [6.07, 6.45) is 0. The number of rotatable bonds is 23. The summed E-state index contributed by atoms with van der Waals surface area (Å²) in [5.41, 5.74) is 21.9. The number of ether oxygens (including phenoxy) is 1. The van der Waals surface area contributed by atoms with Crippen LogP contribution in [0.25, 0.3) is 43.1 Å². The first-order valence-corrected chi connectivity index (χ1v) is 44.0. The maximum atomic E-state index is 11.2. The number of benzene rings is 20. The van der Waals surface area contributed by atoms with E-state index in [1.165, 1.54) is 61.3 Å². The summed E-state index contributed by atoms with van der Waals surface area (Å²) >= 11 is 0. The van der Waals surface area contributed by atoms with Crippen LogP contribution in [0.5, 0.6) is 5.75 Å². The van der Waals surface area contributed by atoms with E-state index in [1.54, 1.807) is 31.4 Å². The van der Waals surface area contributed by atoms with E-state index >= 15 is 0 Å². The molecular weight excluding hydrogens is 1650 g/mol. The summed E-state index contributed by atoms with van der Waals surface area (Å²) in [4.78, 5) is 38.7. The summed E-state index contributed by atoms with van der Waals surface area (Å²) in [6.45, 7) is 0. The number of fused-ring (bicyclic) bond motifs is 4. The van der Waals surface area contributed by atoms with E-state index in [0.717, 1.165) is 119 Å². The molecule has 16 heteroatoms. The van der Waals surface area contributed by atoms with Crippen molar-refractivity contribution in [1.82, 2.24) is 0 Å². The molecule has 0 fully saturated rings. The minimum atomic E-state index is -0.385. The Morgan fingerprint density at radius 3 is 0.724 bits per heavy atom. The van der Waals surface area contributed by atoms with Crippen molar-refractivity contribution in [2.45, 2.75) is 0 Å². The van der Waals surface area contributed by atoms with Gasteiger partial charge in [0.1, 0.15) is 5.75 Å². The smallest absolute Gasteiger partial charge is 0.271 e. The Bertz CT molecular complexity index is 7430. The van der Waals surface area contributed by atoms with E-state index in [4.69, 9.17) is 10.00 Å². The van der Waals surface area contributed by atoms with Gasteiger partial charge in [-0.25, -0.2) is 0 Å². The van der Waals surface area contributed by atoms with E-state index in [-0.39, 0.29) is 21.2 Å². The third-order valence-corrected chi connectivity index (χ3v) is 23.8. The fraction of sp³-hybridized carbons (Fsp3) is 0.0424. The Hall–Kier alpha value is -18.1. The van der Waals surface area contributed by atoms with Crippen LogP contribution in [0.2, 0.25) is 0 Å². The monoisotopic (exact) mass is 1750 g/mol. The lowest BCUT2D eigenvalue weighted by Gasteiger charge is -2.28. The summed E-state index contributed by atoms with van der Waals surface area (Å²) in [5.74, 6) is 0.849. The third-order valence-electron chi connectivity index (χ3n) is 23.8. The first-order valence-electron chi connectivity index (χ1n) is 44.0. The van der Waals surface area contributed by atoms with Crippen molar-refractivity contribution in [3.05, 3.63) is 511 Å². The predicted molar refractivity (Wildman–Crippen MR) is 557 cm³/mol. The van der Waals surface area contributed by atoms with Crippen molar-refractivity contribution >= 4 is 168 Å². The van der Waals surface area contributed by atoms with Crippen LogP contribution in [-0.2, 0) is 0 Å². The molecule has 20 rings (SSSR count). The molecule has 0 N–H and O–H groups in total. The lowest BCUT2D eigenvalue weighted by Crippen LogP contribution is -2.12. The van der Waals surface area contributed by atoms with Crippen molar-refractivity contribution in [2.75, 3.05) is 74.5 Å². The second-order valence-corrected chi connectivity index (χ2v) is 31.9. The number of nitriles is 1. The number of nitrogens with zero attached hydrogens (tertiary/aromatic N) is 11. The molecule has 20 aromatic rings. The number of methoxy groups -OCH3 is 1. The summed E-state index contributed by atoms with van der Waals surface area (Å²) in [6, 6.07) is 166. The SMILES string of the molecule is CN(c1ccc(C#N)cc1)c1ccc(N(c2ccccc2)c2cccc3ccccc23)cc1.CN(c1ccc(N(c2ccccc2)c2cccc3ccccc23)cc1)c1ccc([N+](=O)[O-])cc1.CN(c1ccc(N(c2ccccc2)c2cccc3ccccc23)cc1)c1cccc([N+](=O)[O-])c1.COc1cccc(N(C)c2ccc(N(c3ccccc3)c3cccc4ccccc34)cc2)c1. The molecule has 20 aromatic carbocycles. The normalized spacial score (nSPS) is 10.7. The van der Waals surface area contributed by atoms with Gasteiger partial charge in [0, 0.05) is 171 Å². The van der Waals surface area contributed by atoms with Gasteiger partial charge in [0.15, 0.2) is 0 Å². The molecule has 652 valence electrons. The van der Waals surface area contributed by atoms with E-state index < -0.39 is 0 Å². The van der Waals surface area contributed by atoms with Gasteiger partial charge in [-0.05, 0) is 246 Å². The van der Waals surface area contributed by atoms with E-state index in [0.29, 0.717) is 5.56 Å². The molecule has 0 radical (unpaired) electrons. The van der Waals surface area contributed by atoms with Crippen LogP contribution >= 0.6 is 0 Å². The number of non-ortho nitro benzene ring substituents is 2. The first-order chi connectivity index (χ1) is 65.7. The van der Waals surface area contributed by atoms with Crippen molar-refractivity contribution in [2.24, 2.45) is 0 Å². The topological polar surface area (TPSA) is 145 Å². The highest BCUT2D eigenvalue weighted by atomic mass is 16.6. The van der Waals surface area contributed by atoms with Gasteiger partial charge in [-0.15, -0.1) is 0 Å². The summed E-state index contributed by atoms with van der Waals surface area (Å²) in [7, 11) is 9.67. The van der Waals surface area contributed by atoms with Gasteiger partial charge in [-0.3, -0.25) is 20.2 Å². The first kappa shape index (κ1) is 88.0. The van der Waals surface area contributed by atoms with Gasteiger partial charge < -0.3 is 43.9 Å². The Morgan fingerprint density at radius 2 is 0.440 bits per heavy atom. The molecule has 134 heavy (non-hydrogen) atoms. The van der Waals surface area contributed by atoms with E-state index in [9.17, 15) is 20.2 Å². The van der Waals surface area contributed by atoms with Crippen LogP contribution in [-0.4, -0.2) is 45.1 Å². The number of nitro groups is 2. The molecule has 0 bridgehead atoms. The molecule has 0 unspecified atom stereocenters. The fourth-order valence-electron chi connectivity index (χ4n) is 16.7. The molecule has 0 amide bonds. The van der Waals surface area contributed by atoms with Crippen LogP contribution in [0.15, 0.2) is 485 Å². The van der Waals surface area contributed by atoms with Crippen LogP contribution < -0.4 is 43.9 Å². The average molecular weight is 1750 g/mol. The Balaban J connectivity index is 0.000000124. The van der Waals surface area contributed by atoms with Crippen LogP contribution in [0, 0.1) is 31.6 Å². The fourth-order valence-corrected chi connectivity index (χ4v) is 16.7. The van der Waals surface area contributed by atoms with Crippen LogP contribution in [0.4, 0.5) is 125 Å². The number of para-hydroxylation sites is 4. The average Bonchev–Trinajstić information content (AvgIpc) is 0.788. The highest BCUT2D eigenvalue weighted by Gasteiger charge is 2.23. The maximum absolute atomic E-state index is 11.2. The largest absolute Gasteiger partial charge is 0.497 e. The van der Waals surface area contributed by atoms with Gasteiger partial charge in [0.2, 0.25) is 0 Å². The number of nitro benzene ring substituents is 2. The highest BCUT2D eigenvalue weighted by molar-refractivity contribution is 6.03. The molecule has 0 aliphatic rings. The molecule has 0 saturated heterocycles. The zero-order valence-corrected chi connectivity index (χ0v) is 74.6. The van der Waals surface area contributed by atoms with Gasteiger partial charge >= 0.3 is 0 Å². The molecule has 0 saturated carbocycles. The molecule has 0 spiro atoms. The Morgan fingerprint density at radius 1 is 0.224 bits per heavy atom. The number of anilines is 20. The van der Waals surface area contributed by atoms with Crippen LogP contribution in [0.1, 0.15) is 5.56 Å². The predicted octanol–water partition coefficient (Wildman–Crippen LogP) is 32.0. The van der Waals surface area contributed by atoms with Crippen LogP contribution in [0.3, 0.4) is 0 Å². The van der Waals surface area contributed by atoms with Crippen molar-refractivity contribution in [3.63, 3.8) is 0 Å². The van der Waals surface area contributed by atoms with Gasteiger partial charge in [-0.1, -0.05) is 231 Å². The lowest BCUT2D eigenvalue weighted by molar-refractivity contribution is -0.385. The quantitative estimate of drug-likeness (QED) is 0.0442. The summed E-state index contributed by atoms with van der Waals surface area (Å²) in [5, 5.41) is 40.8. The minimum Gasteiger partial charge on any atom is -0.497 e. The Kier molecular flexibility index (Phi) is 27.2. The molecular formula is C118H95N11O5. The van der Waals surface area contributed by atoms with Gasteiger partial charge in [0.25, 0.3) is 11.4 Å². The van der Waals surface area contributed by atoms with E-state index in [1.807, 2.05) is 134 Å². The molecule has 0 aromatic heterocycles. The zero-order valence-electron chi connectivity index (χ0n) is 74.6. The van der Waals surface area contributed by atoms with E-state index in [2.05, 4.69) is 382 Å². The molecule has 0 heterocycles. The second-order valence-electron chi connectivity index (χ2n) is 31.9. The molecule has 16 nitrogen and oxygen atoms in total.